The second-order valence-corrected chi connectivity index (χ2v) is 7.45. The maximum atomic E-state index is 12.9. The van der Waals surface area contributed by atoms with E-state index in [4.69, 9.17) is 0 Å². The van der Waals surface area contributed by atoms with Crippen molar-refractivity contribution in [2.24, 2.45) is 0 Å². The summed E-state index contributed by atoms with van der Waals surface area (Å²) >= 11 is 0. The number of carbonyl (C=O) groups excluding carboxylic acids is 2. The Balaban J connectivity index is 1.47. The van der Waals surface area contributed by atoms with Crippen LogP contribution in [0.4, 0.5) is 0 Å². The van der Waals surface area contributed by atoms with Gasteiger partial charge in [-0.15, -0.1) is 0 Å². The molecule has 2 aliphatic rings. The second-order valence-electron chi connectivity index (χ2n) is 7.45. The van der Waals surface area contributed by atoms with Crippen molar-refractivity contribution in [3.63, 3.8) is 0 Å². The molecule has 0 bridgehead atoms. The van der Waals surface area contributed by atoms with E-state index in [0.29, 0.717) is 30.3 Å². The topological polar surface area (TPSA) is 65.5 Å². The van der Waals surface area contributed by atoms with Crippen molar-refractivity contribution in [1.29, 1.82) is 0 Å². The van der Waals surface area contributed by atoms with Gasteiger partial charge in [-0.3, -0.25) is 19.5 Å². The number of nitrogens with zero attached hydrogens (tertiary/aromatic N) is 3. The van der Waals surface area contributed by atoms with Gasteiger partial charge in [0.05, 0.1) is 12.2 Å². The molecule has 1 atom stereocenters. The first-order valence-corrected chi connectivity index (χ1v) is 10.0. The number of rotatable bonds is 6. The minimum Gasteiger partial charge on any atom is -0.346 e. The van der Waals surface area contributed by atoms with Crippen LogP contribution in [0.2, 0.25) is 0 Å². The van der Waals surface area contributed by atoms with Crippen LogP contribution >= 0.6 is 0 Å². The monoisotopic (exact) mass is 378 g/mol. The van der Waals surface area contributed by atoms with Crippen LogP contribution in [0, 0.1) is 0 Å². The highest BCUT2D eigenvalue weighted by Gasteiger charge is 2.34. The smallest absolute Gasteiger partial charge is 0.254 e. The van der Waals surface area contributed by atoms with Crippen LogP contribution in [-0.4, -0.2) is 52.3 Å². The van der Waals surface area contributed by atoms with E-state index in [1.807, 2.05) is 29.2 Å². The van der Waals surface area contributed by atoms with E-state index in [-0.39, 0.29) is 11.8 Å². The summed E-state index contributed by atoms with van der Waals surface area (Å²) in [5.41, 5.74) is 2.89. The molecule has 1 N–H and O–H groups in total. The number of amides is 2. The zero-order valence-electron chi connectivity index (χ0n) is 16.2. The van der Waals surface area contributed by atoms with Gasteiger partial charge in [-0.1, -0.05) is 19.1 Å². The molecule has 0 aliphatic carbocycles. The number of pyridine rings is 1. The highest BCUT2D eigenvalue weighted by molar-refractivity contribution is 6.04. The Bertz CT molecular complexity index is 868. The Morgan fingerprint density at radius 1 is 1.25 bits per heavy atom. The number of benzene rings is 1. The predicted octanol–water partition coefficient (Wildman–Crippen LogP) is 2.45. The molecule has 4 rings (SSSR count). The molecule has 0 spiro atoms. The summed E-state index contributed by atoms with van der Waals surface area (Å²) in [7, 11) is 0. The summed E-state index contributed by atoms with van der Waals surface area (Å²) < 4.78 is 0. The third-order valence-electron chi connectivity index (χ3n) is 5.78. The van der Waals surface area contributed by atoms with Crippen LogP contribution in [0.15, 0.2) is 42.6 Å². The Hall–Kier alpha value is -2.73. The fourth-order valence-corrected chi connectivity index (χ4v) is 4.29. The average Bonchev–Trinajstić information content (AvgIpc) is 3.31. The van der Waals surface area contributed by atoms with Gasteiger partial charge in [-0.05, 0) is 55.8 Å². The van der Waals surface area contributed by atoms with Crippen molar-refractivity contribution in [2.75, 3.05) is 19.6 Å². The molecule has 6 nitrogen and oxygen atoms in total. The molecule has 0 radical (unpaired) electrons. The number of hydrogen-bond donors (Lipinski definition) is 1. The van der Waals surface area contributed by atoms with Crippen LogP contribution in [-0.2, 0) is 13.1 Å². The molecule has 3 heterocycles. The lowest BCUT2D eigenvalue weighted by Gasteiger charge is -2.27. The maximum Gasteiger partial charge on any atom is 0.254 e. The van der Waals surface area contributed by atoms with Crippen molar-refractivity contribution >= 4 is 11.8 Å². The predicted molar refractivity (Wildman–Crippen MR) is 107 cm³/mol. The Morgan fingerprint density at radius 2 is 2.14 bits per heavy atom. The fourth-order valence-electron chi connectivity index (χ4n) is 4.29. The minimum absolute atomic E-state index is 0.0392. The zero-order valence-corrected chi connectivity index (χ0v) is 16.2. The van der Waals surface area contributed by atoms with E-state index in [2.05, 4.69) is 22.1 Å². The van der Waals surface area contributed by atoms with E-state index in [1.54, 1.807) is 18.3 Å². The minimum atomic E-state index is -0.159. The molecule has 2 aromatic rings. The lowest BCUT2D eigenvalue weighted by atomic mass is 10.0. The van der Waals surface area contributed by atoms with Gasteiger partial charge in [0.1, 0.15) is 0 Å². The third-order valence-corrected chi connectivity index (χ3v) is 5.78. The van der Waals surface area contributed by atoms with Gasteiger partial charge >= 0.3 is 0 Å². The van der Waals surface area contributed by atoms with Gasteiger partial charge in [-0.2, -0.15) is 0 Å². The molecule has 2 aliphatic heterocycles. The van der Waals surface area contributed by atoms with Gasteiger partial charge in [0.25, 0.3) is 11.8 Å². The number of likely N-dealkylation sites (tertiary alicyclic amines) is 1. The van der Waals surface area contributed by atoms with Gasteiger partial charge in [0, 0.05) is 36.5 Å². The van der Waals surface area contributed by atoms with Gasteiger partial charge in [-0.25, -0.2) is 0 Å². The third kappa shape index (κ3) is 3.64. The fraction of sp³-hybridized carbons (Fsp3) is 0.409. The van der Waals surface area contributed by atoms with Crippen LogP contribution in [0.3, 0.4) is 0 Å². The first-order valence-electron chi connectivity index (χ1n) is 10.0. The van der Waals surface area contributed by atoms with Gasteiger partial charge < -0.3 is 10.2 Å². The number of aromatic nitrogens is 1. The SMILES string of the molecule is CCN1CCC[C@H]1CN1Cc2c(C(=O)NCc3ccccn3)cccc2C1=O. The summed E-state index contributed by atoms with van der Waals surface area (Å²) in [5, 5.41) is 2.92. The lowest BCUT2D eigenvalue weighted by Crippen LogP contribution is -2.40. The summed E-state index contributed by atoms with van der Waals surface area (Å²) in [6.45, 7) is 5.90. The number of hydrogen-bond acceptors (Lipinski definition) is 4. The Morgan fingerprint density at radius 3 is 2.93 bits per heavy atom. The second kappa shape index (κ2) is 8.10. The summed E-state index contributed by atoms with van der Waals surface area (Å²) in [5.74, 6) is -0.120. The van der Waals surface area contributed by atoms with E-state index in [1.165, 1.54) is 6.42 Å². The molecule has 28 heavy (non-hydrogen) atoms. The molecule has 1 aromatic heterocycles. The summed E-state index contributed by atoms with van der Waals surface area (Å²) in [6.07, 6.45) is 4.03. The largest absolute Gasteiger partial charge is 0.346 e. The van der Waals surface area contributed by atoms with Crippen LogP contribution in [0.1, 0.15) is 51.7 Å². The molecular weight excluding hydrogens is 352 g/mol. The molecule has 1 fully saturated rings. The van der Waals surface area contributed by atoms with E-state index in [9.17, 15) is 9.59 Å². The first-order chi connectivity index (χ1) is 13.7. The molecule has 1 saturated heterocycles. The maximum absolute atomic E-state index is 12.9. The van der Waals surface area contributed by atoms with Crippen molar-refractivity contribution in [2.45, 2.75) is 38.9 Å². The Labute approximate surface area is 165 Å². The van der Waals surface area contributed by atoms with E-state index < -0.39 is 0 Å². The Kier molecular flexibility index (Phi) is 5.39. The standard InChI is InChI=1S/C22H26N4O2/c1-2-25-12-6-8-17(25)14-26-15-20-18(9-5-10-19(20)22(26)28)21(27)24-13-16-7-3-4-11-23-16/h3-5,7,9-11,17H,2,6,8,12-15H2,1H3,(H,24,27)/t17-/m0/s1. The molecule has 6 heteroatoms. The highest BCUT2D eigenvalue weighted by Crippen LogP contribution is 2.28. The van der Waals surface area contributed by atoms with Crippen molar-refractivity contribution in [3.8, 4) is 0 Å². The van der Waals surface area contributed by atoms with Crippen molar-refractivity contribution < 1.29 is 9.59 Å². The quantitative estimate of drug-likeness (QED) is 0.839. The highest BCUT2D eigenvalue weighted by atomic mass is 16.2. The van der Waals surface area contributed by atoms with E-state index >= 15 is 0 Å². The van der Waals surface area contributed by atoms with Gasteiger partial charge in [0.2, 0.25) is 0 Å². The van der Waals surface area contributed by atoms with E-state index in [0.717, 1.165) is 37.3 Å². The number of nitrogens with one attached hydrogen (secondary N) is 1. The van der Waals surface area contributed by atoms with Crippen LogP contribution < -0.4 is 5.32 Å². The lowest BCUT2D eigenvalue weighted by molar-refractivity contribution is 0.0730. The van der Waals surface area contributed by atoms with Crippen molar-refractivity contribution in [3.05, 3.63) is 65.0 Å². The first kappa shape index (κ1) is 18.6. The molecular formula is C22H26N4O2. The van der Waals surface area contributed by atoms with Crippen LogP contribution in [0.5, 0.6) is 0 Å². The van der Waals surface area contributed by atoms with Crippen LogP contribution in [0.25, 0.3) is 0 Å². The normalized spacial score (nSPS) is 19.1. The van der Waals surface area contributed by atoms with Crippen molar-refractivity contribution in [1.82, 2.24) is 20.1 Å². The average molecular weight is 378 g/mol. The molecule has 146 valence electrons. The van der Waals surface area contributed by atoms with Gasteiger partial charge in [0.15, 0.2) is 0 Å². The number of carbonyl (C=O) groups is 2. The molecule has 1 aromatic carbocycles. The molecule has 2 amide bonds. The zero-order chi connectivity index (χ0) is 19.5. The molecule has 0 unspecified atom stereocenters. The number of fused-ring (bicyclic) bond motifs is 1. The summed E-state index contributed by atoms with van der Waals surface area (Å²) in [6, 6.07) is 11.5. The molecule has 0 saturated carbocycles. The number of likely N-dealkylation sites (N-methyl/N-ethyl adjacent to an activating group) is 1. The summed E-state index contributed by atoms with van der Waals surface area (Å²) in [4.78, 5) is 34.2.